The van der Waals surface area contributed by atoms with Crippen LogP contribution >= 0.6 is 0 Å². The van der Waals surface area contributed by atoms with Crippen molar-refractivity contribution in [2.24, 2.45) is 0 Å². The number of aromatic nitrogens is 4. The molecule has 0 spiro atoms. The van der Waals surface area contributed by atoms with Crippen molar-refractivity contribution in [3.05, 3.63) is 35.5 Å². The molecule has 2 aromatic rings. The number of rotatable bonds is 4. The third-order valence-electron chi connectivity index (χ3n) is 3.09. The van der Waals surface area contributed by atoms with E-state index in [1.807, 2.05) is 23.7 Å². The van der Waals surface area contributed by atoms with Crippen LogP contribution in [0.4, 0.5) is 0 Å². The fourth-order valence-corrected chi connectivity index (χ4v) is 1.97. The SMILES string of the molecule is COCc1nc(C2CC2)nn1-c1ncccc1C. The zero-order chi connectivity index (χ0) is 12.5. The van der Waals surface area contributed by atoms with E-state index in [-0.39, 0.29) is 0 Å². The van der Waals surface area contributed by atoms with Crippen LogP contribution in [0.2, 0.25) is 0 Å². The van der Waals surface area contributed by atoms with Crippen LogP contribution in [-0.2, 0) is 11.3 Å². The molecule has 94 valence electrons. The maximum absolute atomic E-state index is 5.19. The lowest BCUT2D eigenvalue weighted by Crippen LogP contribution is -2.07. The van der Waals surface area contributed by atoms with E-state index in [9.17, 15) is 0 Å². The molecule has 0 radical (unpaired) electrons. The number of ether oxygens (including phenoxy) is 1. The highest BCUT2D eigenvalue weighted by Gasteiger charge is 2.29. The number of pyridine rings is 1. The molecule has 3 rings (SSSR count). The summed E-state index contributed by atoms with van der Waals surface area (Å²) < 4.78 is 7.00. The molecule has 0 aromatic carbocycles. The predicted octanol–water partition coefficient (Wildman–Crippen LogP) is 1.99. The molecule has 0 amide bonds. The van der Waals surface area contributed by atoms with Gasteiger partial charge < -0.3 is 4.74 Å². The van der Waals surface area contributed by atoms with Crippen LogP contribution in [0.15, 0.2) is 18.3 Å². The predicted molar refractivity (Wildman–Crippen MR) is 66.6 cm³/mol. The van der Waals surface area contributed by atoms with Gasteiger partial charge >= 0.3 is 0 Å². The van der Waals surface area contributed by atoms with E-state index < -0.39 is 0 Å². The molecule has 0 N–H and O–H groups in total. The van der Waals surface area contributed by atoms with Crippen molar-refractivity contribution in [1.29, 1.82) is 0 Å². The van der Waals surface area contributed by atoms with Gasteiger partial charge in [0.25, 0.3) is 0 Å². The maximum atomic E-state index is 5.19. The van der Waals surface area contributed by atoms with Crippen molar-refractivity contribution in [2.45, 2.75) is 32.3 Å². The lowest BCUT2D eigenvalue weighted by molar-refractivity contribution is 0.175. The van der Waals surface area contributed by atoms with Crippen LogP contribution in [0.3, 0.4) is 0 Å². The molecule has 2 aromatic heterocycles. The molecule has 5 heteroatoms. The van der Waals surface area contributed by atoms with E-state index in [2.05, 4.69) is 15.1 Å². The van der Waals surface area contributed by atoms with Crippen LogP contribution in [-0.4, -0.2) is 26.9 Å². The summed E-state index contributed by atoms with van der Waals surface area (Å²) in [5, 5.41) is 4.58. The van der Waals surface area contributed by atoms with Crippen LogP contribution in [0, 0.1) is 6.92 Å². The summed E-state index contributed by atoms with van der Waals surface area (Å²) in [6.07, 6.45) is 4.16. The van der Waals surface area contributed by atoms with Gasteiger partial charge in [0.15, 0.2) is 17.5 Å². The van der Waals surface area contributed by atoms with Crippen molar-refractivity contribution < 1.29 is 4.74 Å². The van der Waals surface area contributed by atoms with Crippen molar-refractivity contribution >= 4 is 0 Å². The first-order valence-corrected chi connectivity index (χ1v) is 6.16. The number of nitrogens with zero attached hydrogens (tertiary/aromatic N) is 4. The summed E-state index contributed by atoms with van der Waals surface area (Å²) in [6.45, 7) is 2.48. The summed E-state index contributed by atoms with van der Waals surface area (Å²) in [4.78, 5) is 8.96. The largest absolute Gasteiger partial charge is 0.377 e. The first-order valence-electron chi connectivity index (χ1n) is 6.16. The quantitative estimate of drug-likeness (QED) is 0.825. The minimum Gasteiger partial charge on any atom is -0.377 e. The van der Waals surface area contributed by atoms with Gasteiger partial charge in [0.1, 0.15) is 6.61 Å². The molecule has 2 heterocycles. The number of hydrogen-bond acceptors (Lipinski definition) is 4. The monoisotopic (exact) mass is 244 g/mol. The standard InChI is InChI=1S/C13H16N4O/c1-9-4-3-7-14-13(9)17-11(8-18-2)15-12(16-17)10-5-6-10/h3-4,7,10H,5-6,8H2,1-2H3. The molecule has 1 saturated carbocycles. The Labute approximate surface area is 106 Å². The van der Waals surface area contributed by atoms with Gasteiger partial charge in [0, 0.05) is 19.2 Å². The van der Waals surface area contributed by atoms with Crippen molar-refractivity contribution in [3.63, 3.8) is 0 Å². The van der Waals surface area contributed by atoms with Gasteiger partial charge in [-0.2, -0.15) is 4.68 Å². The zero-order valence-electron chi connectivity index (χ0n) is 10.6. The van der Waals surface area contributed by atoms with Gasteiger partial charge in [-0.15, -0.1) is 5.10 Å². The van der Waals surface area contributed by atoms with Gasteiger partial charge in [-0.25, -0.2) is 9.97 Å². The molecule has 1 aliphatic carbocycles. The second kappa shape index (κ2) is 4.49. The maximum Gasteiger partial charge on any atom is 0.160 e. The highest BCUT2D eigenvalue weighted by atomic mass is 16.5. The molecule has 1 fully saturated rings. The average molecular weight is 244 g/mol. The lowest BCUT2D eigenvalue weighted by Gasteiger charge is -2.06. The van der Waals surface area contributed by atoms with Crippen molar-refractivity contribution in [1.82, 2.24) is 19.7 Å². The van der Waals surface area contributed by atoms with Gasteiger partial charge in [-0.3, -0.25) is 0 Å². The van der Waals surface area contributed by atoms with Gasteiger partial charge in [0.05, 0.1) is 0 Å². The first kappa shape index (κ1) is 11.3. The van der Waals surface area contributed by atoms with E-state index in [0.717, 1.165) is 23.0 Å². The summed E-state index contributed by atoms with van der Waals surface area (Å²) in [5.74, 6) is 3.11. The fourth-order valence-electron chi connectivity index (χ4n) is 1.97. The Morgan fingerprint density at radius 3 is 2.94 bits per heavy atom. The Morgan fingerprint density at radius 2 is 2.28 bits per heavy atom. The highest BCUT2D eigenvalue weighted by molar-refractivity contribution is 5.32. The summed E-state index contributed by atoms with van der Waals surface area (Å²) >= 11 is 0. The summed E-state index contributed by atoms with van der Waals surface area (Å²) in [5.41, 5.74) is 1.09. The summed E-state index contributed by atoms with van der Waals surface area (Å²) in [6, 6.07) is 3.95. The molecule has 0 unspecified atom stereocenters. The number of methoxy groups -OCH3 is 1. The normalized spacial score (nSPS) is 15.0. The first-order chi connectivity index (χ1) is 8.79. The molecule has 1 aliphatic rings. The minimum atomic E-state index is 0.454. The summed E-state index contributed by atoms with van der Waals surface area (Å²) in [7, 11) is 1.67. The van der Waals surface area contributed by atoms with Crippen molar-refractivity contribution in [2.75, 3.05) is 7.11 Å². The minimum absolute atomic E-state index is 0.454. The zero-order valence-corrected chi connectivity index (χ0v) is 10.6. The molecule has 0 atom stereocenters. The smallest absolute Gasteiger partial charge is 0.160 e. The highest BCUT2D eigenvalue weighted by Crippen LogP contribution is 2.38. The van der Waals surface area contributed by atoms with Gasteiger partial charge in [-0.05, 0) is 31.4 Å². The van der Waals surface area contributed by atoms with Crippen LogP contribution in [0.1, 0.15) is 36.0 Å². The van der Waals surface area contributed by atoms with Gasteiger partial charge in [0.2, 0.25) is 0 Å². The Morgan fingerprint density at radius 1 is 1.44 bits per heavy atom. The number of hydrogen-bond donors (Lipinski definition) is 0. The topological polar surface area (TPSA) is 52.8 Å². The fraction of sp³-hybridized carbons (Fsp3) is 0.462. The second-order valence-corrected chi connectivity index (χ2v) is 4.65. The molecule has 0 saturated heterocycles. The van der Waals surface area contributed by atoms with Gasteiger partial charge in [-0.1, -0.05) is 6.07 Å². The molecule has 18 heavy (non-hydrogen) atoms. The molecule has 0 bridgehead atoms. The lowest BCUT2D eigenvalue weighted by atomic mass is 10.3. The molecule has 5 nitrogen and oxygen atoms in total. The van der Waals surface area contributed by atoms with Crippen molar-refractivity contribution in [3.8, 4) is 5.82 Å². The Bertz CT molecular complexity index is 560. The van der Waals surface area contributed by atoms with Crippen LogP contribution < -0.4 is 0 Å². The van der Waals surface area contributed by atoms with E-state index in [0.29, 0.717) is 12.5 Å². The third-order valence-corrected chi connectivity index (χ3v) is 3.09. The van der Waals surface area contributed by atoms with E-state index >= 15 is 0 Å². The Balaban J connectivity index is 2.06. The third kappa shape index (κ3) is 2.01. The van der Waals surface area contributed by atoms with E-state index in [1.54, 1.807) is 13.3 Å². The Hall–Kier alpha value is -1.75. The molecular formula is C13H16N4O. The van der Waals surface area contributed by atoms with E-state index in [4.69, 9.17) is 4.74 Å². The Kier molecular flexibility index (Phi) is 2.83. The molecular weight excluding hydrogens is 228 g/mol. The molecule has 0 aliphatic heterocycles. The number of aryl methyl sites for hydroxylation is 1. The van der Waals surface area contributed by atoms with E-state index in [1.165, 1.54) is 12.8 Å². The average Bonchev–Trinajstić information content (AvgIpc) is 3.13. The second-order valence-electron chi connectivity index (χ2n) is 4.65. The van der Waals surface area contributed by atoms with Crippen LogP contribution in [0.5, 0.6) is 0 Å². The van der Waals surface area contributed by atoms with Crippen LogP contribution in [0.25, 0.3) is 5.82 Å².